The van der Waals surface area contributed by atoms with Crippen molar-refractivity contribution in [3.05, 3.63) is 25.6 Å². The molecule has 19 heavy (non-hydrogen) atoms. The van der Waals surface area contributed by atoms with E-state index in [1.165, 1.54) is 4.88 Å². The SMILES string of the molecule is Cc1sc2[nH]c(=S)n(C(C)CC(C)C)c(=O)c2c1C. The Bertz CT molecular complexity index is 721. The summed E-state index contributed by atoms with van der Waals surface area (Å²) in [7, 11) is 0. The quantitative estimate of drug-likeness (QED) is 0.855. The molecule has 2 aromatic rings. The van der Waals surface area contributed by atoms with Crippen molar-refractivity contribution in [2.45, 2.75) is 47.1 Å². The smallest absolute Gasteiger partial charge is 0.263 e. The standard InChI is InChI=1S/C14H20N2OS2/c1-7(2)6-8(3)16-13(17)11-9(4)10(5)19-12(11)15-14(16)18/h7-8H,6H2,1-5H3,(H,15,18). The average molecular weight is 296 g/mol. The van der Waals surface area contributed by atoms with E-state index in [1.807, 2.05) is 13.8 Å². The molecule has 0 aliphatic heterocycles. The van der Waals surface area contributed by atoms with Crippen LogP contribution in [0.25, 0.3) is 10.2 Å². The van der Waals surface area contributed by atoms with Crippen LogP contribution in [0.1, 0.15) is 43.7 Å². The fraction of sp³-hybridized carbons (Fsp3) is 0.571. The Labute approximate surface area is 122 Å². The molecule has 0 bridgehead atoms. The predicted octanol–water partition coefficient (Wildman–Crippen LogP) is 4.34. The predicted molar refractivity (Wildman–Crippen MR) is 84.9 cm³/mol. The van der Waals surface area contributed by atoms with Crippen LogP contribution in [0.4, 0.5) is 0 Å². The van der Waals surface area contributed by atoms with Gasteiger partial charge in [-0.1, -0.05) is 13.8 Å². The van der Waals surface area contributed by atoms with E-state index in [9.17, 15) is 4.79 Å². The largest absolute Gasteiger partial charge is 0.323 e. The highest BCUT2D eigenvalue weighted by Gasteiger charge is 2.16. The third-order valence-corrected chi connectivity index (χ3v) is 4.93. The summed E-state index contributed by atoms with van der Waals surface area (Å²) in [6.45, 7) is 10.4. The lowest BCUT2D eigenvalue weighted by Crippen LogP contribution is -2.26. The van der Waals surface area contributed by atoms with Gasteiger partial charge in [0.05, 0.1) is 5.39 Å². The van der Waals surface area contributed by atoms with E-state index in [-0.39, 0.29) is 11.6 Å². The highest BCUT2D eigenvalue weighted by molar-refractivity contribution is 7.71. The van der Waals surface area contributed by atoms with Crippen molar-refractivity contribution in [2.75, 3.05) is 0 Å². The number of hydrogen-bond donors (Lipinski definition) is 1. The molecule has 0 aromatic carbocycles. The summed E-state index contributed by atoms with van der Waals surface area (Å²) >= 11 is 6.97. The van der Waals surface area contributed by atoms with Crippen LogP contribution >= 0.6 is 23.6 Å². The number of thiophene rings is 1. The van der Waals surface area contributed by atoms with Crippen molar-refractivity contribution >= 4 is 33.8 Å². The summed E-state index contributed by atoms with van der Waals surface area (Å²) < 4.78 is 2.27. The van der Waals surface area contributed by atoms with Crippen molar-refractivity contribution in [3.8, 4) is 0 Å². The van der Waals surface area contributed by atoms with Gasteiger partial charge in [-0.25, -0.2) is 0 Å². The normalized spacial score (nSPS) is 13.4. The molecular weight excluding hydrogens is 276 g/mol. The molecule has 3 nitrogen and oxygen atoms in total. The van der Waals surface area contributed by atoms with E-state index in [1.54, 1.807) is 15.9 Å². The Morgan fingerprint density at radius 3 is 2.53 bits per heavy atom. The third kappa shape index (κ3) is 2.54. The Balaban J connectivity index is 2.72. The van der Waals surface area contributed by atoms with Gasteiger partial charge in [-0.05, 0) is 50.9 Å². The first-order valence-corrected chi connectivity index (χ1v) is 7.80. The molecule has 0 fully saturated rings. The number of nitrogens with one attached hydrogen (secondary N) is 1. The summed E-state index contributed by atoms with van der Waals surface area (Å²) in [4.78, 5) is 18.0. The number of nitrogens with zero attached hydrogens (tertiary/aromatic N) is 1. The van der Waals surface area contributed by atoms with Gasteiger partial charge in [0.2, 0.25) is 0 Å². The second kappa shape index (κ2) is 5.21. The van der Waals surface area contributed by atoms with Crippen LogP contribution < -0.4 is 5.56 Å². The maximum Gasteiger partial charge on any atom is 0.263 e. The topological polar surface area (TPSA) is 37.8 Å². The van der Waals surface area contributed by atoms with Gasteiger partial charge in [-0.3, -0.25) is 9.36 Å². The third-order valence-electron chi connectivity index (χ3n) is 3.51. The van der Waals surface area contributed by atoms with Crippen LogP contribution in [-0.2, 0) is 0 Å². The molecule has 2 rings (SSSR count). The van der Waals surface area contributed by atoms with Crippen LogP contribution in [0.3, 0.4) is 0 Å². The van der Waals surface area contributed by atoms with Crippen LogP contribution in [-0.4, -0.2) is 9.55 Å². The second-order valence-electron chi connectivity index (χ2n) is 5.57. The van der Waals surface area contributed by atoms with Crippen LogP contribution in [0.15, 0.2) is 4.79 Å². The zero-order valence-corrected chi connectivity index (χ0v) is 13.7. The Morgan fingerprint density at radius 1 is 1.32 bits per heavy atom. The van der Waals surface area contributed by atoms with Gasteiger partial charge >= 0.3 is 0 Å². The number of hydrogen-bond acceptors (Lipinski definition) is 3. The minimum absolute atomic E-state index is 0.0498. The Kier molecular flexibility index (Phi) is 3.97. The summed E-state index contributed by atoms with van der Waals surface area (Å²) in [6.07, 6.45) is 0.949. The van der Waals surface area contributed by atoms with Gasteiger partial charge in [-0.2, -0.15) is 0 Å². The molecule has 0 saturated carbocycles. The molecular formula is C14H20N2OS2. The summed E-state index contributed by atoms with van der Waals surface area (Å²) in [5, 5.41) is 0.798. The number of aromatic nitrogens is 2. The maximum atomic E-state index is 12.7. The second-order valence-corrected chi connectivity index (χ2v) is 7.18. The van der Waals surface area contributed by atoms with E-state index < -0.39 is 0 Å². The Hall–Kier alpha value is -0.940. The fourth-order valence-electron chi connectivity index (χ4n) is 2.53. The fourth-order valence-corrected chi connectivity index (χ4v) is 4.01. The number of rotatable bonds is 3. The summed E-state index contributed by atoms with van der Waals surface area (Å²) in [6, 6.07) is 0.125. The number of fused-ring (bicyclic) bond motifs is 1. The monoisotopic (exact) mass is 296 g/mol. The molecule has 0 aliphatic carbocycles. The maximum absolute atomic E-state index is 12.7. The first-order valence-electron chi connectivity index (χ1n) is 6.57. The molecule has 0 radical (unpaired) electrons. The lowest BCUT2D eigenvalue weighted by molar-refractivity contribution is 0.414. The number of aryl methyl sites for hydroxylation is 2. The minimum atomic E-state index is 0.0498. The van der Waals surface area contributed by atoms with Gasteiger partial charge in [-0.15, -0.1) is 11.3 Å². The Morgan fingerprint density at radius 2 is 1.95 bits per heavy atom. The van der Waals surface area contributed by atoms with E-state index >= 15 is 0 Å². The number of H-pyrrole nitrogens is 1. The highest BCUT2D eigenvalue weighted by atomic mass is 32.1. The highest BCUT2D eigenvalue weighted by Crippen LogP contribution is 2.26. The van der Waals surface area contributed by atoms with Crippen molar-refractivity contribution in [3.63, 3.8) is 0 Å². The van der Waals surface area contributed by atoms with Gasteiger partial charge in [0.15, 0.2) is 4.77 Å². The molecule has 5 heteroatoms. The van der Waals surface area contributed by atoms with Gasteiger partial charge in [0.25, 0.3) is 5.56 Å². The number of aromatic amines is 1. The lowest BCUT2D eigenvalue weighted by atomic mass is 10.1. The molecule has 104 valence electrons. The van der Waals surface area contributed by atoms with Crippen LogP contribution in [0.2, 0.25) is 0 Å². The molecule has 0 saturated heterocycles. The molecule has 2 aromatic heterocycles. The average Bonchev–Trinajstić information content (AvgIpc) is 2.53. The van der Waals surface area contributed by atoms with E-state index in [4.69, 9.17) is 12.2 Å². The van der Waals surface area contributed by atoms with Crippen LogP contribution in [0.5, 0.6) is 0 Å². The molecule has 0 spiro atoms. The molecule has 2 heterocycles. The zero-order chi connectivity index (χ0) is 14.3. The van der Waals surface area contributed by atoms with Crippen LogP contribution in [0, 0.1) is 24.5 Å². The zero-order valence-electron chi connectivity index (χ0n) is 12.0. The molecule has 0 aliphatic rings. The van der Waals surface area contributed by atoms with E-state index in [0.717, 1.165) is 22.2 Å². The van der Waals surface area contributed by atoms with Gasteiger partial charge < -0.3 is 4.98 Å². The van der Waals surface area contributed by atoms with Crippen molar-refractivity contribution in [1.29, 1.82) is 0 Å². The van der Waals surface area contributed by atoms with Gasteiger partial charge in [0, 0.05) is 10.9 Å². The first-order chi connectivity index (χ1) is 8.82. The van der Waals surface area contributed by atoms with Gasteiger partial charge in [0.1, 0.15) is 4.83 Å². The van der Waals surface area contributed by atoms with Crippen molar-refractivity contribution in [1.82, 2.24) is 9.55 Å². The minimum Gasteiger partial charge on any atom is -0.323 e. The molecule has 1 unspecified atom stereocenters. The summed E-state index contributed by atoms with van der Waals surface area (Å²) in [5.74, 6) is 0.539. The van der Waals surface area contributed by atoms with Crippen molar-refractivity contribution in [2.24, 2.45) is 5.92 Å². The molecule has 1 N–H and O–H groups in total. The molecule has 1 atom stereocenters. The van der Waals surface area contributed by atoms with E-state index in [2.05, 4.69) is 25.8 Å². The van der Waals surface area contributed by atoms with E-state index in [0.29, 0.717) is 10.7 Å². The molecule has 0 amide bonds. The lowest BCUT2D eigenvalue weighted by Gasteiger charge is -2.17. The first kappa shape index (κ1) is 14.5. The van der Waals surface area contributed by atoms with Crippen molar-refractivity contribution < 1.29 is 0 Å². The summed E-state index contributed by atoms with van der Waals surface area (Å²) in [5.41, 5.74) is 1.12.